The minimum absolute atomic E-state index is 0.573. The summed E-state index contributed by atoms with van der Waals surface area (Å²) in [5.74, 6) is 1.41. The standard InChI is InChI=1S/C23H23N5O/c1-27-11-9-16-7-8-18(13-17(16)15-27)25-23-24-14-21-19(10-12-28(21)26-23)20-5-3-4-6-22(20)29-2/h3-8,10,12-14H,9,11,15H2,1-2H3,(H,25,26). The van der Waals surface area contributed by atoms with Crippen molar-refractivity contribution in [1.82, 2.24) is 19.5 Å². The molecule has 3 heterocycles. The number of anilines is 2. The number of methoxy groups -OCH3 is 1. The molecule has 5 rings (SSSR count). The number of fused-ring (bicyclic) bond motifs is 2. The van der Waals surface area contributed by atoms with Crippen LogP contribution in [-0.2, 0) is 13.0 Å². The molecular weight excluding hydrogens is 362 g/mol. The lowest BCUT2D eigenvalue weighted by molar-refractivity contribution is 0.313. The SMILES string of the molecule is COc1ccccc1-c1ccn2nc(Nc3ccc4c(c3)CN(C)CC4)ncc12. The first kappa shape index (κ1) is 17.7. The van der Waals surface area contributed by atoms with E-state index in [0.29, 0.717) is 5.95 Å². The fourth-order valence-corrected chi connectivity index (χ4v) is 3.96. The first-order valence-electron chi connectivity index (χ1n) is 9.76. The second-order valence-corrected chi connectivity index (χ2v) is 7.44. The molecule has 6 heteroatoms. The summed E-state index contributed by atoms with van der Waals surface area (Å²) in [5.41, 5.74) is 6.81. The maximum absolute atomic E-state index is 5.51. The molecule has 0 saturated heterocycles. The van der Waals surface area contributed by atoms with Gasteiger partial charge in [0.05, 0.1) is 18.8 Å². The van der Waals surface area contributed by atoms with Crippen molar-refractivity contribution >= 4 is 17.2 Å². The molecule has 0 atom stereocenters. The lowest BCUT2D eigenvalue weighted by Gasteiger charge is -2.25. The van der Waals surface area contributed by atoms with E-state index in [9.17, 15) is 0 Å². The van der Waals surface area contributed by atoms with Crippen LogP contribution in [0.3, 0.4) is 0 Å². The van der Waals surface area contributed by atoms with Crippen LogP contribution in [0, 0.1) is 0 Å². The van der Waals surface area contributed by atoms with E-state index in [-0.39, 0.29) is 0 Å². The second-order valence-electron chi connectivity index (χ2n) is 7.44. The number of likely N-dealkylation sites (N-methyl/N-ethyl adjacent to an activating group) is 1. The summed E-state index contributed by atoms with van der Waals surface area (Å²) >= 11 is 0. The van der Waals surface area contributed by atoms with Crippen molar-refractivity contribution in [3.63, 3.8) is 0 Å². The summed E-state index contributed by atoms with van der Waals surface area (Å²) in [6.45, 7) is 2.09. The van der Waals surface area contributed by atoms with Crippen molar-refractivity contribution in [3.8, 4) is 16.9 Å². The molecule has 29 heavy (non-hydrogen) atoms. The van der Waals surface area contributed by atoms with E-state index < -0.39 is 0 Å². The van der Waals surface area contributed by atoms with E-state index in [1.165, 1.54) is 11.1 Å². The van der Waals surface area contributed by atoms with Crippen LogP contribution < -0.4 is 10.1 Å². The highest BCUT2D eigenvalue weighted by Gasteiger charge is 2.14. The predicted molar refractivity (Wildman–Crippen MR) is 115 cm³/mol. The van der Waals surface area contributed by atoms with Gasteiger partial charge in [-0.05, 0) is 48.9 Å². The maximum Gasteiger partial charge on any atom is 0.245 e. The molecule has 1 aliphatic rings. The van der Waals surface area contributed by atoms with Gasteiger partial charge in [0, 0.05) is 36.1 Å². The monoisotopic (exact) mass is 385 g/mol. The van der Waals surface area contributed by atoms with Gasteiger partial charge < -0.3 is 15.0 Å². The quantitative estimate of drug-likeness (QED) is 0.572. The number of hydrogen-bond donors (Lipinski definition) is 1. The number of ether oxygens (including phenoxy) is 1. The van der Waals surface area contributed by atoms with E-state index in [1.54, 1.807) is 7.11 Å². The van der Waals surface area contributed by atoms with Crippen molar-refractivity contribution in [2.75, 3.05) is 26.0 Å². The highest BCUT2D eigenvalue weighted by Crippen LogP contribution is 2.33. The molecule has 0 bridgehead atoms. The van der Waals surface area contributed by atoms with Crippen LogP contribution in [0.25, 0.3) is 16.6 Å². The lowest BCUT2D eigenvalue weighted by atomic mass is 9.99. The molecule has 2 aromatic heterocycles. The van der Waals surface area contributed by atoms with Crippen molar-refractivity contribution < 1.29 is 4.74 Å². The van der Waals surface area contributed by atoms with Crippen LogP contribution in [0.15, 0.2) is 60.9 Å². The van der Waals surface area contributed by atoms with Gasteiger partial charge >= 0.3 is 0 Å². The molecule has 0 saturated carbocycles. The Labute approximate surface area is 169 Å². The largest absolute Gasteiger partial charge is 0.496 e. The Morgan fingerprint density at radius 2 is 1.93 bits per heavy atom. The van der Waals surface area contributed by atoms with E-state index in [0.717, 1.165) is 47.6 Å². The fourth-order valence-electron chi connectivity index (χ4n) is 3.96. The van der Waals surface area contributed by atoms with Gasteiger partial charge in [-0.15, -0.1) is 5.10 Å². The van der Waals surface area contributed by atoms with Crippen molar-refractivity contribution in [3.05, 3.63) is 72.1 Å². The van der Waals surface area contributed by atoms with Gasteiger partial charge in [0.2, 0.25) is 5.95 Å². The highest BCUT2D eigenvalue weighted by atomic mass is 16.5. The van der Waals surface area contributed by atoms with Gasteiger partial charge in [-0.3, -0.25) is 0 Å². The normalized spacial score (nSPS) is 14.0. The third kappa shape index (κ3) is 3.32. The Balaban J connectivity index is 1.45. The number of nitrogens with one attached hydrogen (secondary N) is 1. The van der Waals surface area contributed by atoms with Gasteiger partial charge in [0.25, 0.3) is 0 Å². The average Bonchev–Trinajstić information content (AvgIpc) is 3.16. The van der Waals surface area contributed by atoms with Crippen molar-refractivity contribution in [2.45, 2.75) is 13.0 Å². The molecule has 2 aromatic carbocycles. The van der Waals surface area contributed by atoms with Crippen LogP contribution in [-0.4, -0.2) is 40.2 Å². The molecule has 4 aromatic rings. The summed E-state index contributed by atoms with van der Waals surface area (Å²) in [7, 11) is 3.84. The van der Waals surface area contributed by atoms with E-state index in [4.69, 9.17) is 4.74 Å². The molecule has 0 spiro atoms. The van der Waals surface area contributed by atoms with Crippen LogP contribution in [0.1, 0.15) is 11.1 Å². The summed E-state index contributed by atoms with van der Waals surface area (Å²) in [5, 5.41) is 7.99. The fraction of sp³-hybridized carbons (Fsp3) is 0.217. The van der Waals surface area contributed by atoms with E-state index >= 15 is 0 Å². The molecule has 0 amide bonds. The Morgan fingerprint density at radius 3 is 2.83 bits per heavy atom. The van der Waals surface area contributed by atoms with Crippen LogP contribution >= 0.6 is 0 Å². The molecule has 1 N–H and O–H groups in total. The zero-order valence-electron chi connectivity index (χ0n) is 16.6. The molecule has 0 aliphatic carbocycles. The molecular formula is C23H23N5O. The molecule has 6 nitrogen and oxygen atoms in total. The van der Waals surface area contributed by atoms with Gasteiger partial charge in [-0.2, -0.15) is 0 Å². The van der Waals surface area contributed by atoms with Gasteiger partial charge in [-0.25, -0.2) is 9.50 Å². The summed E-state index contributed by atoms with van der Waals surface area (Å²) < 4.78 is 7.36. The van der Waals surface area contributed by atoms with E-state index in [1.807, 2.05) is 47.2 Å². The topological polar surface area (TPSA) is 54.7 Å². The van der Waals surface area contributed by atoms with Crippen molar-refractivity contribution in [1.29, 1.82) is 0 Å². The highest BCUT2D eigenvalue weighted by molar-refractivity contribution is 5.83. The zero-order valence-corrected chi connectivity index (χ0v) is 16.6. The van der Waals surface area contributed by atoms with Crippen LogP contribution in [0.5, 0.6) is 5.75 Å². The first-order valence-corrected chi connectivity index (χ1v) is 9.76. The van der Waals surface area contributed by atoms with Crippen LogP contribution in [0.2, 0.25) is 0 Å². The summed E-state index contributed by atoms with van der Waals surface area (Å²) in [6.07, 6.45) is 4.90. The minimum Gasteiger partial charge on any atom is -0.496 e. The third-order valence-corrected chi connectivity index (χ3v) is 5.48. The number of para-hydroxylation sites is 1. The Bertz CT molecular complexity index is 1180. The summed E-state index contributed by atoms with van der Waals surface area (Å²) in [4.78, 5) is 6.89. The smallest absolute Gasteiger partial charge is 0.245 e. The Kier molecular flexibility index (Phi) is 4.41. The van der Waals surface area contributed by atoms with E-state index in [2.05, 4.69) is 45.5 Å². The number of benzene rings is 2. The zero-order chi connectivity index (χ0) is 19.8. The lowest BCUT2D eigenvalue weighted by Crippen LogP contribution is -2.26. The number of hydrogen-bond acceptors (Lipinski definition) is 5. The summed E-state index contributed by atoms with van der Waals surface area (Å²) in [6, 6.07) is 16.5. The van der Waals surface area contributed by atoms with Gasteiger partial charge in [0.15, 0.2) is 0 Å². The maximum atomic E-state index is 5.51. The van der Waals surface area contributed by atoms with Gasteiger partial charge in [0.1, 0.15) is 5.75 Å². The van der Waals surface area contributed by atoms with Crippen LogP contribution in [0.4, 0.5) is 11.6 Å². The number of aromatic nitrogens is 3. The van der Waals surface area contributed by atoms with Crippen molar-refractivity contribution in [2.24, 2.45) is 0 Å². The van der Waals surface area contributed by atoms with Gasteiger partial charge in [-0.1, -0.05) is 24.3 Å². The predicted octanol–water partition coefficient (Wildman–Crippen LogP) is 4.14. The molecule has 0 fully saturated rings. The second kappa shape index (κ2) is 7.22. The molecule has 1 aliphatic heterocycles. The number of rotatable bonds is 4. The molecule has 146 valence electrons. The Hall–Kier alpha value is -3.38. The first-order chi connectivity index (χ1) is 14.2. The Morgan fingerprint density at radius 1 is 1.03 bits per heavy atom. The molecule has 0 radical (unpaired) electrons. The number of nitrogens with zero attached hydrogens (tertiary/aromatic N) is 4. The minimum atomic E-state index is 0.573. The average molecular weight is 385 g/mol. The molecule has 0 unspecified atom stereocenters. The third-order valence-electron chi connectivity index (χ3n) is 5.48.